The highest BCUT2D eigenvalue weighted by Gasteiger charge is 2.13. The largest absolute Gasteiger partial charge is 0.345 e. The van der Waals surface area contributed by atoms with Gasteiger partial charge in [-0.1, -0.05) is 121 Å². The summed E-state index contributed by atoms with van der Waals surface area (Å²) in [6, 6.07) is 63.2. The number of rotatable bonds is 6. The first-order valence-electron chi connectivity index (χ1n) is 15.4. The fourth-order valence-corrected chi connectivity index (χ4v) is 6.40. The van der Waals surface area contributed by atoms with Crippen molar-refractivity contribution in [1.82, 2.24) is 4.57 Å². The minimum atomic E-state index is 1.17. The zero-order valence-corrected chi connectivity index (χ0v) is 25.1. The van der Waals surface area contributed by atoms with Gasteiger partial charge in [0, 0.05) is 34.9 Å². The summed E-state index contributed by atoms with van der Waals surface area (Å²) in [5.41, 5.74) is 13.2. The van der Waals surface area contributed by atoms with Gasteiger partial charge in [-0.15, -0.1) is 0 Å². The van der Waals surface area contributed by atoms with Crippen LogP contribution in [0.4, 0.5) is 11.4 Å². The number of hydrogen-bond donors (Lipinski definition) is 0. The minimum absolute atomic E-state index is 1.17. The van der Waals surface area contributed by atoms with Crippen LogP contribution in [0.2, 0.25) is 0 Å². The lowest BCUT2D eigenvalue weighted by Crippen LogP contribution is -2.08. The summed E-state index contributed by atoms with van der Waals surface area (Å²) in [6.07, 6.45) is 0. The number of anilines is 2. The van der Waals surface area contributed by atoms with Gasteiger partial charge in [0.05, 0.1) is 11.0 Å². The van der Waals surface area contributed by atoms with Crippen molar-refractivity contribution in [3.8, 4) is 39.1 Å². The van der Waals surface area contributed by atoms with Gasteiger partial charge in [-0.05, 0) is 88.0 Å². The number of aromatic nitrogens is 1. The summed E-state index contributed by atoms with van der Waals surface area (Å²) < 4.78 is 2.38. The predicted molar refractivity (Wildman–Crippen MR) is 192 cm³/mol. The topological polar surface area (TPSA) is 8.17 Å². The van der Waals surface area contributed by atoms with Crippen molar-refractivity contribution in [3.05, 3.63) is 176 Å². The molecule has 2 heteroatoms. The SMILES string of the molecule is CN(c1ccccc1)c1ccc(-c2ccc(-c3ccc4c(c3)c3ccccc3n4-c3ccc(-c4ccccc4)cc3)cc2)cc1. The van der Waals surface area contributed by atoms with Crippen LogP contribution in [-0.2, 0) is 0 Å². The Morgan fingerprint density at radius 1 is 0.356 bits per heavy atom. The molecule has 0 spiro atoms. The molecular weight excluding hydrogens is 544 g/mol. The molecule has 0 radical (unpaired) electrons. The summed E-state index contributed by atoms with van der Waals surface area (Å²) in [7, 11) is 2.11. The highest BCUT2D eigenvalue weighted by atomic mass is 15.1. The average Bonchev–Trinajstić information content (AvgIpc) is 3.46. The minimum Gasteiger partial charge on any atom is -0.345 e. The number of fused-ring (bicyclic) bond motifs is 3. The van der Waals surface area contributed by atoms with E-state index in [4.69, 9.17) is 0 Å². The van der Waals surface area contributed by atoms with E-state index in [1.807, 2.05) is 6.07 Å². The van der Waals surface area contributed by atoms with Gasteiger partial charge >= 0.3 is 0 Å². The standard InChI is InChI=1S/C43H32N2/c1-44(37-12-6-3-7-13-37)38-25-20-34(21-26-38)32-16-18-35(19-17-32)36-24-29-43-41(30-36)40-14-8-9-15-42(40)45(43)39-27-22-33(23-28-39)31-10-4-2-5-11-31/h2-30H,1H3. The van der Waals surface area contributed by atoms with Gasteiger partial charge in [-0.2, -0.15) is 0 Å². The molecule has 0 atom stereocenters. The molecule has 8 rings (SSSR count). The summed E-state index contributed by atoms with van der Waals surface area (Å²) in [5.74, 6) is 0. The van der Waals surface area contributed by atoms with Gasteiger partial charge in [-0.3, -0.25) is 0 Å². The van der Waals surface area contributed by atoms with Crippen LogP contribution in [0.15, 0.2) is 176 Å². The summed E-state index contributed by atoms with van der Waals surface area (Å²) in [6.45, 7) is 0. The van der Waals surface area contributed by atoms with Crippen LogP contribution in [0.25, 0.3) is 60.9 Å². The number of para-hydroxylation sites is 2. The van der Waals surface area contributed by atoms with E-state index < -0.39 is 0 Å². The Kier molecular flexibility index (Phi) is 6.73. The van der Waals surface area contributed by atoms with Crippen LogP contribution in [0.5, 0.6) is 0 Å². The Hall–Kier alpha value is -5.86. The van der Waals surface area contributed by atoms with Crippen LogP contribution in [0.1, 0.15) is 0 Å². The fraction of sp³-hybridized carbons (Fsp3) is 0.0233. The van der Waals surface area contributed by atoms with Crippen molar-refractivity contribution < 1.29 is 0 Å². The molecule has 0 amide bonds. The Labute approximate surface area is 264 Å². The Morgan fingerprint density at radius 2 is 0.800 bits per heavy atom. The molecular formula is C43H32N2. The molecule has 0 N–H and O–H groups in total. The second-order valence-electron chi connectivity index (χ2n) is 11.5. The zero-order chi connectivity index (χ0) is 30.2. The molecule has 1 aromatic heterocycles. The molecule has 1 heterocycles. The zero-order valence-electron chi connectivity index (χ0n) is 25.1. The summed E-state index contributed by atoms with van der Waals surface area (Å²) >= 11 is 0. The van der Waals surface area contributed by atoms with E-state index in [0.717, 1.165) is 0 Å². The van der Waals surface area contributed by atoms with Gasteiger partial charge in [0.15, 0.2) is 0 Å². The Bertz CT molecular complexity index is 2230. The highest BCUT2D eigenvalue weighted by molar-refractivity contribution is 6.10. The van der Waals surface area contributed by atoms with Crippen LogP contribution < -0.4 is 4.90 Å². The van der Waals surface area contributed by atoms with E-state index in [1.54, 1.807) is 0 Å². The van der Waals surface area contributed by atoms with Crippen molar-refractivity contribution in [3.63, 3.8) is 0 Å². The fourth-order valence-electron chi connectivity index (χ4n) is 6.40. The van der Waals surface area contributed by atoms with E-state index >= 15 is 0 Å². The third-order valence-electron chi connectivity index (χ3n) is 8.85. The number of hydrogen-bond acceptors (Lipinski definition) is 1. The summed E-state index contributed by atoms with van der Waals surface area (Å²) in [4.78, 5) is 2.21. The smallest absolute Gasteiger partial charge is 0.0541 e. The second-order valence-corrected chi connectivity index (χ2v) is 11.5. The monoisotopic (exact) mass is 576 g/mol. The van der Waals surface area contributed by atoms with Gasteiger partial charge in [-0.25, -0.2) is 0 Å². The van der Waals surface area contributed by atoms with Crippen LogP contribution in [-0.4, -0.2) is 11.6 Å². The molecule has 0 aliphatic carbocycles. The lowest BCUT2D eigenvalue weighted by molar-refractivity contribution is 1.18. The normalized spacial score (nSPS) is 11.2. The number of nitrogens with zero attached hydrogens (tertiary/aromatic N) is 2. The quantitative estimate of drug-likeness (QED) is 0.191. The molecule has 0 aliphatic rings. The maximum atomic E-state index is 2.38. The molecule has 45 heavy (non-hydrogen) atoms. The first kappa shape index (κ1) is 26.7. The van der Waals surface area contributed by atoms with Crippen LogP contribution in [0.3, 0.4) is 0 Å². The molecule has 0 unspecified atom stereocenters. The van der Waals surface area contributed by atoms with E-state index in [-0.39, 0.29) is 0 Å². The lowest BCUT2D eigenvalue weighted by Gasteiger charge is -2.19. The molecule has 0 saturated heterocycles. The maximum Gasteiger partial charge on any atom is 0.0541 e. The average molecular weight is 577 g/mol. The molecule has 7 aromatic carbocycles. The second kappa shape index (κ2) is 11.3. The van der Waals surface area contributed by atoms with Crippen molar-refractivity contribution >= 4 is 33.2 Å². The molecule has 8 aromatic rings. The van der Waals surface area contributed by atoms with Crippen molar-refractivity contribution in [2.24, 2.45) is 0 Å². The third kappa shape index (κ3) is 4.97. The molecule has 2 nitrogen and oxygen atoms in total. The molecule has 0 aliphatic heterocycles. The Morgan fingerprint density at radius 3 is 1.47 bits per heavy atom. The predicted octanol–water partition coefficient (Wildman–Crippen LogP) is 11.6. The maximum absolute atomic E-state index is 2.38. The van der Waals surface area contributed by atoms with Crippen molar-refractivity contribution in [2.75, 3.05) is 11.9 Å². The van der Waals surface area contributed by atoms with Gasteiger partial charge in [0.25, 0.3) is 0 Å². The van der Waals surface area contributed by atoms with Crippen molar-refractivity contribution in [2.45, 2.75) is 0 Å². The molecule has 0 fully saturated rings. The molecule has 0 bridgehead atoms. The molecule has 0 saturated carbocycles. The first-order valence-corrected chi connectivity index (χ1v) is 15.4. The lowest BCUT2D eigenvalue weighted by atomic mass is 9.99. The van der Waals surface area contributed by atoms with Crippen molar-refractivity contribution in [1.29, 1.82) is 0 Å². The Balaban J connectivity index is 1.10. The van der Waals surface area contributed by atoms with Crippen LogP contribution >= 0.6 is 0 Å². The van der Waals surface area contributed by atoms with Gasteiger partial charge in [0.2, 0.25) is 0 Å². The number of benzene rings is 7. The van der Waals surface area contributed by atoms with Gasteiger partial charge < -0.3 is 9.47 Å². The van der Waals surface area contributed by atoms with E-state index in [1.165, 1.54) is 72.2 Å². The van der Waals surface area contributed by atoms with Crippen LogP contribution in [0, 0.1) is 0 Å². The van der Waals surface area contributed by atoms with Gasteiger partial charge in [0.1, 0.15) is 0 Å². The molecule has 214 valence electrons. The highest BCUT2D eigenvalue weighted by Crippen LogP contribution is 2.36. The van der Waals surface area contributed by atoms with E-state index in [2.05, 4.69) is 186 Å². The van der Waals surface area contributed by atoms with E-state index in [9.17, 15) is 0 Å². The summed E-state index contributed by atoms with van der Waals surface area (Å²) in [5, 5.41) is 2.52. The first-order chi connectivity index (χ1) is 22.2. The third-order valence-corrected chi connectivity index (χ3v) is 8.85. The van der Waals surface area contributed by atoms with E-state index in [0.29, 0.717) is 0 Å².